The molecule has 0 saturated carbocycles. The first-order chi connectivity index (χ1) is 25.6. The number of carbonyl (C=O) groups excluding carboxylic acids is 4. The van der Waals surface area contributed by atoms with Gasteiger partial charge in [-0.3, -0.25) is 14.5 Å². The van der Waals surface area contributed by atoms with E-state index in [-0.39, 0.29) is 55.8 Å². The second kappa shape index (κ2) is 20.9. The van der Waals surface area contributed by atoms with Gasteiger partial charge in [-0.25, -0.2) is 14.6 Å². The molecule has 3 N–H and O–H groups in total. The van der Waals surface area contributed by atoms with Gasteiger partial charge in [0, 0.05) is 39.6 Å². The van der Waals surface area contributed by atoms with E-state index in [9.17, 15) is 19.2 Å². The van der Waals surface area contributed by atoms with E-state index in [0.29, 0.717) is 44.0 Å². The van der Waals surface area contributed by atoms with Crippen LogP contribution in [0.4, 0.5) is 4.79 Å². The monoisotopic (exact) mass is 759 g/mol. The van der Waals surface area contributed by atoms with Crippen LogP contribution in [0.1, 0.15) is 76.9 Å². The number of carbonyl (C=O) groups is 4. The van der Waals surface area contributed by atoms with E-state index in [2.05, 4.69) is 24.1 Å². The Morgan fingerprint density at radius 1 is 1.00 bits per heavy atom. The number of esters is 1. The first-order valence-corrected chi connectivity index (χ1v) is 18.6. The van der Waals surface area contributed by atoms with Crippen molar-refractivity contribution >= 4 is 23.9 Å². The van der Waals surface area contributed by atoms with Crippen LogP contribution in [0, 0.1) is 29.1 Å². The fourth-order valence-corrected chi connectivity index (χ4v) is 6.26. The molecule has 1 saturated heterocycles. The summed E-state index contributed by atoms with van der Waals surface area (Å²) >= 11 is 0. The number of benzene rings is 1. The molecule has 2 aromatic rings. The normalized spacial score (nSPS) is 17.0. The maximum absolute atomic E-state index is 13.6. The molecular weight excluding hydrogens is 698 g/mol. The molecule has 0 aliphatic carbocycles. The highest BCUT2D eigenvalue weighted by atomic mass is 16.6. The van der Waals surface area contributed by atoms with Crippen LogP contribution in [0.25, 0.3) is 0 Å². The van der Waals surface area contributed by atoms with Crippen LogP contribution in [-0.2, 0) is 42.0 Å². The van der Waals surface area contributed by atoms with Crippen molar-refractivity contribution in [2.75, 3.05) is 53.9 Å². The van der Waals surface area contributed by atoms with Gasteiger partial charge < -0.3 is 44.0 Å². The van der Waals surface area contributed by atoms with Crippen LogP contribution < -0.4 is 20.5 Å². The number of nitrogens with two attached hydrogens (primary N) is 1. The molecule has 3 amide bonds. The fourth-order valence-electron chi connectivity index (χ4n) is 6.26. The number of methoxy groups -OCH3 is 2. The molecule has 0 bridgehead atoms. The average molecular weight is 760 g/mol. The molecule has 2 heterocycles. The second-order valence-electron chi connectivity index (χ2n) is 15.2. The predicted molar refractivity (Wildman–Crippen MR) is 201 cm³/mol. The number of rotatable bonds is 22. The summed E-state index contributed by atoms with van der Waals surface area (Å²) in [6.07, 6.45) is 4.12. The summed E-state index contributed by atoms with van der Waals surface area (Å²) < 4.78 is 35.5. The maximum atomic E-state index is 13.6. The quantitative estimate of drug-likeness (QED) is 0.129. The van der Waals surface area contributed by atoms with E-state index < -0.39 is 41.4 Å². The van der Waals surface area contributed by atoms with Gasteiger partial charge in [-0.1, -0.05) is 33.8 Å². The zero-order chi connectivity index (χ0) is 40.0. The first-order valence-electron chi connectivity index (χ1n) is 18.6. The molecule has 302 valence electrons. The number of imidazole rings is 1. The molecule has 15 nitrogen and oxygen atoms in total. The van der Waals surface area contributed by atoms with Crippen molar-refractivity contribution in [3.63, 3.8) is 0 Å². The Bertz CT molecular complexity index is 1530. The minimum absolute atomic E-state index is 0.0308. The molecule has 0 radical (unpaired) electrons. The number of primary amides is 1. The van der Waals surface area contributed by atoms with Crippen LogP contribution in [0.3, 0.4) is 0 Å². The molecule has 2 unspecified atom stereocenters. The Morgan fingerprint density at radius 2 is 1.72 bits per heavy atom. The van der Waals surface area contributed by atoms with Crippen LogP contribution in [0.5, 0.6) is 11.5 Å². The summed E-state index contributed by atoms with van der Waals surface area (Å²) in [5, 5.41) is 2.92. The van der Waals surface area contributed by atoms with Crippen molar-refractivity contribution in [3.8, 4) is 11.5 Å². The third-order valence-electron chi connectivity index (χ3n) is 10.0. The molecule has 1 aromatic carbocycles. The lowest BCUT2D eigenvalue weighted by Crippen LogP contribution is -2.47. The maximum Gasteiger partial charge on any atom is 0.412 e. The average Bonchev–Trinajstić information content (AvgIpc) is 3.74. The van der Waals surface area contributed by atoms with E-state index in [4.69, 9.17) is 34.2 Å². The van der Waals surface area contributed by atoms with Crippen molar-refractivity contribution in [1.82, 2.24) is 19.8 Å². The van der Waals surface area contributed by atoms with Gasteiger partial charge in [0.2, 0.25) is 11.8 Å². The van der Waals surface area contributed by atoms with Gasteiger partial charge in [-0.15, -0.1) is 0 Å². The fraction of sp³-hybridized carbons (Fsp3) is 0.667. The number of amides is 3. The summed E-state index contributed by atoms with van der Waals surface area (Å²) in [7, 11) is 4.94. The molecule has 15 heteroatoms. The zero-order valence-electron chi connectivity index (χ0n) is 33.4. The Kier molecular flexibility index (Phi) is 17.1. The lowest BCUT2D eigenvalue weighted by Gasteiger charge is -2.33. The van der Waals surface area contributed by atoms with Crippen molar-refractivity contribution in [1.29, 1.82) is 0 Å². The van der Waals surface area contributed by atoms with Gasteiger partial charge in [0.1, 0.15) is 25.6 Å². The summed E-state index contributed by atoms with van der Waals surface area (Å²) in [5.74, 6) is -0.249. The Balaban J connectivity index is 1.81. The van der Waals surface area contributed by atoms with Crippen LogP contribution >= 0.6 is 0 Å². The van der Waals surface area contributed by atoms with E-state index in [1.807, 2.05) is 32.0 Å². The van der Waals surface area contributed by atoms with Gasteiger partial charge in [0.25, 0.3) is 0 Å². The van der Waals surface area contributed by atoms with Crippen molar-refractivity contribution < 1.29 is 47.6 Å². The lowest BCUT2D eigenvalue weighted by atomic mass is 9.80. The van der Waals surface area contributed by atoms with Crippen LogP contribution in [0.2, 0.25) is 0 Å². The topological polar surface area (TPSA) is 183 Å². The van der Waals surface area contributed by atoms with Gasteiger partial charge in [0.15, 0.2) is 11.5 Å². The van der Waals surface area contributed by atoms with E-state index in [1.54, 1.807) is 40.0 Å². The summed E-state index contributed by atoms with van der Waals surface area (Å²) in [4.78, 5) is 57.0. The largest absolute Gasteiger partial charge is 0.493 e. The Hall–Kier alpha value is -4.37. The number of nitrogens with zero attached hydrogens (tertiary/aromatic N) is 3. The van der Waals surface area contributed by atoms with Gasteiger partial charge in [-0.05, 0) is 68.6 Å². The van der Waals surface area contributed by atoms with Crippen LogP contribution in [0.15, 0.2) is 30.7 Å². The summed E-state index contributed by atoms with van der Waals surface area (Å²) in [5.41, 5.74) is 5.96. The van der Waals surface area contributed by atoms with Gasteiger partial charge >= 0.3 is 12.1 Å². The van der Waals surface area contributed by atoms with Crippen LogP contribution in [-0.4, -0.2) is 104 Å². The second-order valence-corrected chi connectivity index (χ2v) is 15.2. The predicted octanol–water partition coefficient (Wildman–Crippen LogP) is 4.36. The SMILES string of the molecule is COCCCOc1cc(CC(C[C@H]2[C@H](CC(C(=O)NCC(C)(C)C(N)=O)C(C)C)OCN2C(=O)OCCOC(=O)c2cncn2C)C(C)C)ccc1OC. The number of nitrogens with one attached hydrogen (secondary N) is 1. The number of hydrogen-bond acceptors (Lipinski definition) is 11. The third-order valence-corrected chi connectivity index (χ3v) is 10.0. The highest BCUT2D eigenvalue weighted by Gasteiger charge is 2.43. The molecule has 4 atom stereocenters. The molecule has 1 aliphatic rings. The van der Waals surface area contributed by atoms with E-state index in [0.717, 1.165) is 12.0 Å². The summed E-state index contributed by atoms with van der Waals surface area (Å²) in [6, 6.07) is 5.48. The zero-order valence-corrected chi connectivity index (χ0v) is 33.4. The third kappa shape index (κ3) is 12.6. The van der Waals surface area contributed by atoms with Crippen molar-refractivity contribution in [2.45, 2.75) is 79.4 Å². The van der Waals surface area contributed by atoms with Crippen molar-refractivity contribution in [2.24, 2.45) is 41.9 Å². The molecule has 0 spiro atoms. The van der Waals surface area contributed by atoms with E-state index in [1.165, 1.54) is 17.1 Å². The van der Waals surface area contributed by atoms with Gasteiger partial charge in [0.05, 0.1) is 43.8 Å². The Labute approximate surface area is 319 Å². The molecule has 1 fully saturated rings. The number of ether oxygens (including phenoxy) is 6. The molecule has 54 heavy (non-hydrogen) atoms. The van der Waals surface area contributed by atoms with Crippen molar-refractivity contribution in [3.05, 3.63) is 42.0 Å². The molecule has 3 rings (SSSR count). The van der Waals surface area contributed by atoms with Gasteiger partial charge in [-0.2, -0.15) is 0 Å². The number of aryl methyl sites for hydroxylation is 1. The molecule has 1 aliphatic heterocycles. The summed E-state index contributed by atoms with van der Waals surface area (Å²) in [6.45, 7) is 12.4. The minimum Gasteiger partial charge on any atom is -0.493 e. The smallest absolute Gasteiger partial charge is 0.412 e. The number of aromatic nitrogens is 2. The standard InChI is InChI=1S/C39H61N5O10/c1-25(2)28(17-27-11-12-32(50-9)34(18-27)51-14-10-13-49-8)19-30-33(20-29(26(3)4)35(45)42-22-39(5,6)37(40)47)54-24-44(30)38(48)53-16-15-52-36(46)31-21-41-23-43(31)7/h11-12,18,21,23,25-26,28-30,33H,10,13-17,19-20,22,24H2,1-9H3,(H2,40,47)(H,42,45)/t28?,29?,30-,33-/m0/s1. The molecular formula is C39H61N5O10. The van der Waals surface area contributed by atoms with E-state index >= 15 is 0 Å². The lowest BCUT2D eigenvalue weighted by molar-refractivity contribution is -0.130. The highest BCUT2D eigenvalue weighted by Crippen LogP contribution is 2.36. The molecule has 1 aromatic heterocycles. The number of hydrogen-bond donors (Lipinski definition) is 2. The minimum atomic E-state index is -0.920. The highest BCUT2D eigenvalue weighted by molar-refractivity contribution is 5.87. The Morgan fingerprint density at radius 3 is 2.33 bits per heavy atom. The first kappa shape index (κ1) is 44.0.